The van der Waals surface area contributed by atoms with Crippen LogP contribution in [0.25, 0.3) is 0 Å². The van der Waals surface area contributed by atoms with E-state index in [9.17, 15) is 9.90 Å². The Morgan fingerprint density at radius 2 is 2.07 bits per heavy atom. The molecular weight excluding hydrogens is 464 g/mol. The number of hydrogen-bond donors (Lipinski definition) is 1. The predicted molar refractivity (Wildman–Crippen MR) is 121 cm³/mol. The number of carboxylic acid groups (broad SMARTS) is 1. The van der Waals surface area contributed by atoms with Crippen molar-refractivity contribution >= 4 is 39.2 Å². The molecule has 0 spiro atoms. The van der Waals surface area contributed by atoms with Gasteiger partial charge in [0, 0.05) is 12.7 Å². The summed E-state index contributed by atoms with van der Waals surface area (Å²) in [7, 11) is 0. The van der Waals surface area contributed by atoms with Gasteiger partial charge in [-0.2, -0.15) is 0 Å². The largest absolute Gasteiger partial charge is 0.478 e. The van der Waals surface area contributed by atoms with Gasteiger partial charge in [-0.25, -0.2) is 19.7 Å². The summed E-state index contributed by atoms with van der Waals surface area (Å²) in [5.74, 6) is -0.398. The van der Waals surface area contributed by atoms with Crippen molar-refractivity contribution < 1.29 is 9.90 Å². The summed E-state index contributed by atoms with van der Waals surface area (Å²) in [5, 5.41) is 10.7. The van der Waals surface area contributed by atoms with Crippen molar-refractivity contribution in [2.75, 3.05) is 11.4 Å². The number of thiazole rings is 1. The third kappa shape index (κ3) is 4.25. The summed E-state index contributed by atoms with van der Waals surface area (Å²) in [6.07, 6.45) is 4.77. The van der Waals surface area contributed by atoms with E-state index in [1.54, 1.807) is 11.3 Å². The highest BCUT2D eigenvalue weighted by atomic mass is 79.9. The van der Waals surface area contributed by atoms with Crippen molar-refractivity contribution in [3.8, 4) is 0 Å². The molecule has 0 radical (unpaired) electrons. The van der Waals surface area contributed by atoms with Gasteiger partial charge in [0.15, 0.2) is 0 Å². The second-order valence-corrected chi connectivity index (χ2v) is 9.87. The van der Waals surface area contributed by atoms with Crippen molar-refractivity contribution in [3.63, 3.8) is 0 Å². The van der Waals surface area contributed by atoms with Crippen LogP contribution in [-0.2, 0) is 12.8 Å². The Morgan fingerprint density at radius 3 is 2.77 bits per heavy atom. The van der Waals surface area contributed by atoms with E-state index >= 15 is 0 Å². The molecule has 2 aromatic heterocycles. The molecule has 1 fully saturated rings. The van der Waals surface area contributed by atoms with Gasteiger partial charge in [-0.15, -0.1) is 11.3 Å². The average Bonchev–Trinajstić information content (AvgIpc) is 3.34. The highest BCUT2D eigenvalue weighted by Crippen LogP contribution is 2.38. The Morgan fingerprint density at radius 1 is 1.27 bits per heavy atom. The predicted octanol–water partition coefficient (Wildman–Crippen LogP) is 5.14. The molecule has 3 heterocycles. The minimum atomic E-state index is -0.987. The number of aryl methyl sites for hydroxylation is 4. The minimum Gasteiger partial charge on any atom is -0.478 e. The zero-order valence-corrected chi connectivity index (χ0v) is 19.3. The minimum absolute atomic E-state index is 0.125. The second-order valence-electron chi connectivity index (χ2n) is 7.52. The fourth-order valence-corrected chi connectivity index (χ4v) is 5.39. The quantitative estimate of drug-likeness (QED) is 0.519. The number of rotatable bonds is 6. The monoisotopic (exact) mass is 486 g/mol. The van der Waals surface area contributed by atoms with Crippen LogP contribution in [0.2, 0.25) is 0 Å². The lowest BCUT2D eigenvalue weighted by Gasteiger charge is -2.23. The number of carbonyl (C=O) groups is 1. The van der Waals surface area contributed by atoms with E-state index in [2.05, 4.69) is 44.9 Å². The zero-order valence-electron chi connectivity index (χ0n) is 16.9. The molecule has 1 saturated heterocycles. The summed E-state index contributed by atoms with van der Waals surface area (Å²) in [6, 6.07) is 8.30. The summed E-state index contributed by atoms with van der Waals surface area (Å²) < 4.78 is 1.05. The second kappa shape index (κ2) is 8.81. The van der Waals surface area contributed by atoms with Gasteiger partial charge in [-0.1, -0.05) is 24.3 Å². The van der Waals surface area contributed by atoms with E-state index in [-0.39, 0.29) is 11.6 Å². The van der Waals surface area contributed by atoms with Crippen molar-refractivity contribution in [3.05, 3.63) is 67.3 Å². The van der Waals surface area contributed by atoms with Crippen LogP contribution in [0.3, 0.4) is 0 Å². The molecule has 1 aliphatic rings. The number of aromatic carboxylic acids is 1. The summed E-state index contributed by atoms with van der Waals surface area (Å²) in [6.45, 7) is 4.90. The first-order valence-corrected chi connectivity index (χ1v) is 11.6. The number of carboxylic acids is 1. The van der Waals surface area contributed by atoms with Crippen LogP contribution in [0.5, 0.6) is 0 Å². The van der Waals surface area contributed by atoms with E-state index < -0.39 is 5.97 Å². The highest BCUT2D eigenvalue weighted by molar-refractivity contribution is 9.11. The standard InChI is InChI=1S/C22H23BrN4O2S/c1-13-6-3-4-7-15(13)9-10-17-16(21(28)29)12-24-22(26-17)27-11-5-8-18(27)20-25-14(2)19(23)30-20/h3-4,6-7,12,18H,5,8-11H2,1-2H3,(H,28,29)/t18-/m0/s1. The molecule has 0 bridgehead atoms. The number of hydrogen-bond acceptors (Lipinski definition) is 6. The van der Waals surface area contributed by atoms with E-state index in [0.29, 0.717) is 18.1 Å². The summed E-state index contributed by atoms with van der Waals surface area (Å²) >= 11 is 5.21. The van der Waals surface area contributed by atoms with E-state index in [1.165, 1.54) is 17.3 Å². The lowest BCUT2D eigenvalue weighted by Crippen LogP contribution is -2.25. The SMILES string of the molecule is Cc1ccccc1CCc1nc(N2CCC[C@H]2c2nc(C)c(Br)s2)ncc1C(=O)O. The van der Waals surface area contributed by atoms with Gasteiger partial charge >= 0.3 is 5.97 Å². The van der Waals surface area contributed by atoms with Crippen LogP contribution in [0, 0.1) is 13.8 Å². The molecule has 0 aliphatic carbocycles. The van der Waals surface area contributed by atoms with Crippen LogP contribution in [-0.4, -0.2) is 32.6 Å². The molecule has 1 aliphatic heterocycles. The topological polar surface area (TPSA) is 79.2 Å². The van der Waals surface area contributed by atoms with Gasteiger partial charge in [0.1, 0.15) is 5.01 Å². The van der Waals surface area contributed by atoms with Crippen LogP contribution in [0.1, 0.15) is 56.8 Å². The molecule has 0 unspecified atom stereocenters. The third-order valence-corrected chi connectivity index (χ3v) is 7.64. The number of benzene rings is 1. The Bertz CT molecular complexity index is 1070. The lowest BCUT2D eigenvalue weighted by molar-refractivity contribution is 0.0694. The molecule has 8 heteroatoms. The van der Waals surface area contributed by atoms with E-state index in [4.69, 9.17) is 9.97 Å². The van der Waals surface area contributed by atoms with Gasteiger partial charge in [0.2, 0.25) is 5.95 Å². The van der Waals surface area contributed by atoms with Gasteiger partial charge in [0.05, 0.1) is 26.8 Å². The van der Waals surface area contributed by atoms with E-state index in [1.807, 2.05) is 19.1 Å². The summed E-state index contributed by atoms with van der Waals surface area (Å²) in [4.78, 5) is 27.8. The van der Waals surface area contributed by atoms with Crippen molar-refractivity contribution in [1.82, 2.24) is 15.0 Å². The number of anilines is 1. The van der Waals surface area contributed by atoms with Crippen molar-refractivity contribution in [1.29, 1.82) is 0 Å². The van der Waals surface area contributed by atoms with Gasteiger partial charge < -0.3 is 10.0 Å². The van der Waals surface area contributed by atoms with E-state index in [0.717, 1.165) is 40.3 Å². The molecule has 156 valence electrons. The Hall–Kier alpha value is -2.32. The molecule has 4 rings (SSSR count). The molecule has 1 atom stereocenters. The van der Waals surface area contributed by atoms with Gasteiger partial charge in [-0.05, 0) is 66.6 Å². The Kier molecular flexibility index (Phi) is 6.15. The molecule has 0 saturated carbocycles. The summed E-state index contributed by atoms with van der Waals surface area (Å²) in [5.41, 5.74) is 4.15. The fraction of sp³-hybridized carbons (Fsp3) is 0.364. The normalized spacial score (nSPS) is 16.2. The molecular formula is C22H23BrN4O2S. The Balaban J connectivity index is 1.63. The van der Waals surface area contributed by atoms with Crippen molar-refractivity contribution in [2.24, 2.45) is 0 Å². The highest BCUT2D eigenvalue weighted by Gasteiger charge is 2.31. The third-order valence-electron chi connectivity index (χ3n) is 5.53. The molecule has 6 nitrogen and oxygen atoms in total. The first-order chi connectivity index (χ1) is 14.4. The molecule has 30 heavy (non-hydrogen) atoms. The van der Waals surface area contributed by atoms with Crippen LogP contribution in [0.4, 0.5) is 5.95 Å². The maximum absolute atomic E-state index is 11.8. The maximum atomic E-state index is 11.8. The lowest BCUT2D eigenvalue weighted by atomic mass is 10.0. The maximum Gasteiger partial charge on any atom is 0.339 e. The Labute approximate surface area is 188 Å². The fourth-order valence-electron chi connectivity index (χ4n) is 3.86. The van der Waals surface area contributed by atoms with Crippen LogP contribution < -0.4 is 4.90 Å². The zero-order chi connectivity index (χ0) is 21.3. The number of nitrogens with zero attached hydrogens (tertiary/aromatic N) is 4. The first kappa shape index (κ1) is 20.9. The number of aromatic nitrogens is 3. The van der Waals surface area contributed by atoms with Gasteiger partial charge in [0.25, 0.3) is 0 Å². The van der Waals surface area contributed by atoms with Crippen molar-refractivity contribution in [2.45, 2.75) is 45.6 Å². The van der Waals surface area contributed by atoms with Gasteiger partial charge in [-0.3, -0.25) is 0 Å². The molecule has 1 N–H and O–H groups in total. The first-order valence-electron chi connectivity index (χ1n) is 9.97. The number of halogens is 1. The van der Waals surface area contributed by atoms with Crippen LogP contribution >= 0.6 is 27.3 Å². The molecule has 1 aromatic carbocycles. The average molecular weight is 487 g/mol. The molecule has 3 aromatic rings. The van der Waals surface area contributed by atoms with Crippen LogP contribution in [0.15, 0.2) is 34.2 Å². The smallest absolute Gasteiger partial charge is 0.339 e. The molecule has 0 amide bonds.